The number of hydrogen-bond acceptors (Lipinski definition) is 6. The van der Waals surface area contributed by atoms with Crippen molar-refractivity contribution in [2.24, 2.45) is 0 Å². The lowest BCUT2D eigenvalue weighted by Crippen LogP contribution is -2.27. The highest BCUT2D eigenvalue weighted by molar-refractivity contribution is 9.10. The lowest BCUT2D eigenvalue weighted by molar-refractivity contribution is -0.113. The normalized spacial score (nSPS) is 14.5. The predicted octanol–water partition coefficient (Wildman–Crippen LogP) is 6.14. The van der Waals surface area contributed by atoms with Gasteiger partial charge in [0, 0.05) is 0 Å². The first kappa shape index (κ1) is 24.0. The number of methoxy groups -OCH3 is 1. The lowest BCUT2D eigenvalue weighted by Gasteiger charge is -2.14. The van der Waals surface area contributed by atoms with Crippen LogP contribution in [0.2, 0.25) is 0 Å². The first-order chi connectivity index (χ1) is 16.4. The van der Waals surface area contributed by atoms with Crippen LogP contribution >= 0.6 is 39.9 Å². The Kier molecular flexibility index (Phi) is 7.35. The number of carbonyl (C=O) groups excluding carboxylic acids is 1. The average molecular weight is 556 g/mol. The molecule has 0 spiro atoms. The lowest BCUT2D eigenvalue weighted by atomic mass is 10.1. The Balaban J connectivity index is 1.57. The van der Waals surface area contributed by atoms with Crippen molar-refractivity contribution in [3.8, 4) is 11.5 Å². The van der Waals surface area contributed by atoms with Crippen molar-refractivity contribution in [1.29, 1.82) is 0 Å². The number of hydrogen-bond donors (Lipinski definition) is 1. The topological polar surface area (TPSA) is 76.1 Å². The summed E-state index contributed by atoms with van der Waals surface area (Å²) >= 11 is 10.2. The van der Waals surface area contributed by atoms with Gasteiger partial charge in [0.2, 0.25) is 0 Å². The fourth-order valence-corrected chi connectivity index (χ4v) is 5.20. The number of carboxylic acids is 1. The van der Waals surface area contributed by atoms with Crippen molar-refractivity contribution >= 4 is 67.9 Å². The number of thioether (sulfide) groups is 1. The molecule has 1 fully saturated rings. The Morgan fingerprint density at radius 2 is 1.91 bits per heavy atom. The van der Waals surface area contributed by atoms with E-state index in [-0.39, 0.29) is 18.1 Å². The van der Waals surface area contributed by atoms with Gasteiger partial charge in [0.15, 0.2) is 15.8 Å². The van der Waals surface area contributed by atoms with Crippen molar-refractivity contribution in [3.05, 3.63) is 92.8 Å². The standard InChI is InChI=1S/C25H18BrNO5S2/c1-31-20-12-16(13-21-23(28)27(25(33)34-21)18-8-3-2-4-9-18)11-19(26)22(20)32-14-15-6-5-7-17(10-15)24(29)30/h2-13H,14H2,1H3,(H,29,30)/b21-13+. The van der Waals surface area contributed by atoms with Crippen molar-refractivity contribution in [2.75, 3.05) is 12.0 Å². The Hall–Kier alpha value is -3.14. The minimum atomic E-state index is -0.998. The van der Waals surface area contributed by atoms with E-state index in [1.54, 1.807) is 30.3 Å². The molecule has 0 atom stereocenters. The third-order valence-electron chi connectivity index (χ3n) is 4.91. The molecular formula is C25H18BrNO5S2. The molecule has 4 rings (SSSR count). The van der Waals surface area contributed by atoms with E-state index in [4.69, 9.17) is 21.7 Å². The first-order valence-corrected chi connectivity index (χ1v) is 12.0. The second kappa shape index (κ2) is 10.4. The zero-order valence-corrected chi connectivity index (χ0v) is 21.1. The van der Waals surface area contributed by atoms with Crippen LogP contribution in [0.5, 0.6) is 11.5 Å². The number of aromatic carboxylic acids is 1. The van der Waals surface area contributed by atoms with E-state index in [1.165, 1.54) is 29.8 Å². The van der Waals surface area contributed by atoms with E-state index >= 15 is 0 Å². The van der Waals surface area contributed by atoms with Crippen LogP contribution in [0.1, 0.15) is 21.5 Å². The minimum absolute atomic E-state index is 0.158. The molecule has 0 bridgehead atoms. The Labute approximate surface area is 214 Å². The fourth-order valence-electron chi connectivity index (χ4n) is 3.33. The summed E-state index contributed by atoms with van der Waals surface area (Å²) in [6, 6.07) is 19.4. The summed E-state index contributed by atoms with van der Waals surface area (Å²) in [6.07, 6.45) is 1.76. The number of para-hydroxylation sites is 1. The molecule has 9 heteroatoms. The van der Waals surface area contributed by atoms with Gasteiger partial charge in [-0.2, -0.15) is 0 Å². The van der Waals surface area contributed by atoms with Gasteiger partial charge >= 0.3 is 5.97 Å². The molecule has 3 aromatic carbocycles. The smallest absolute Gasteiger partial charge is 0.335 e. The molecule has 1 amide bonds. The summed E-state index contributed by atoms with van der Waals surface area (Å²) in [6.45, 7) is 0.158. The molecule has 0 aromatic heterocycles. The molecule has 34 heavy (non-hydrogen) atoms. The van der Waals surface area contributed by atoms with E-state index < -0.39 is 5.97 Å². The first-order valence-electron chi connectivity index (χ1n) is 10.0. The van der Waals surface area contributed by atoms with Crippen LogP contribution in [0.4, 0.5) is 5.69 Å². The summed E-state index contributed by atoms with van der Waals surface area (Å²) in [5.74, 6) is -0.247. The Morgan fingerprint density at radius 1 is 1.15 bits per heavy atom. The molecule has 6 nitrogen and oxygen atoms in total. The second-order valence-corrected chi connectivity index (χ2v) is 9.71. The molecule has 0 unspecified atom stereocenters. The van der Waals surface area contributed by atoms with E-state index in [0.29, 0.717) is 30.8 Å². The third kappa shape index (κ3) is 5.16. The number of halogens is 1. The van der Waals surface area contributed by atoms with Crippen LogP contribution in [0.15, 0.2) is 76.1 Å². The van der Waals surface area contributed by atoms with E-state index in [9.17, 15) is 14.7 Å². The molecule has 1 saturated heterocycles. The Morgan fingerprint density at radius 3 is 2.62 bits per heavy atom. The number of thiocarbonyl (C=S) groups is 1. The van der Waals surface area contributed by atoms with Crippen molar-refractivity contribution in [1.82, 2.24) is 0 Å². The molecular weight excluding hydrogens is 538 g/mol. The van der Waals surface area contributed by atoms with E-state index in [2.05, 4.69) is 15.9 Å². The SMILES string of the molecule is COc1cc(/C=C2/SC(=S)N(c3ccccc3)C2=O)cc(Br)c1OCc1cccc(C(=O)O)c1. The number of carboxylic acid groups (broad SMARTS) is 1. The van der Waals surface area contributed by atoms with Crippen molar-refractivity contribution < 1.29 is 24.2 Å². The molecule has 1 heterocycles. The van der Waals surface area contributed by atoms with Gasteiger partial charge in [-0.15, -0.1) is 0 Å². The van der Waals surface area contributed by atoms with Crippen LogP contribution in [0, 0.1) is 0 Å². The predicted molar refractivity (Wildman–Crippen MR) is 141 cm³/mol. The van der Waals surface area contributed by atoms with Crippen LogP contribution in [-0.4, -0.2) is 28.4 Å². The van der Waals surface area contributed by atoms with Crippen LogP contribution in [-0.2, 0) is 11.4 Å². The van der Waals surface area contributed by atoms with Gasteiger partial charge < -0.3 is 14.6 Å². The summed E-state index contributed by atoms with van der Waals surface area (Å²) in [5, 5.41) is 9.17. The second-order valence-electron chi connectivity index (χ2n) is 7.18. The maximum Gasteiger partial charge on any atom is 0.335 e. The van der Waals surface area contributed by atoms with Gasteiger partial charge in [0.1, 0.15) is 6.61 Å². The molecule has 1 aliphatic heterocycles. The van der Waals surface area contributed by atoms with Crippen LogP contribution in [0.25, 0.3) is 6.08 Å². The summed E-state index contributed by atoms with van der Waals surface area (Å²) in [5.41, 5.74) is 2.36. The third-order valence-corrected chi connectivity index (χ3v) is 6.81. The number of ether oxygens (including phenoxy) is 2. The van der Waals surface area contributed by atoms with Gasteiger partial charge in [-0.05, 0) is 69.5 Å². The highest BCUT2D eigenvalue weighted by Gasteiger charge is 2.33. The van der Waals surface area contributed by atoms with E-state index in [0.717, 1.165) is 11.3 Å². The molecule has 1 N–H and O–H groups in total. The number of nitrogens with zero attached hydrogens (tertiary/aromatic N) is 1. The van der Waals surface area contributed by atoms with Gasteiger partial charge in [0.25, 0.3) is 5.91 Å². The molecule has 1 aliphatic rings. The maximum absolute atomic E-state index is 13.0. The van der Waals surface area contributed by atoms with Crippen molar-refractivity contribution in [3.63, 3.8) is 0 Å². The number of benzene rings is 3. The molecule has 0 aliphatic carbocycles. The van der Waals surface area contributed by atoms with Gasteiger partial charge in [-0.3, -0.25) is 9.69 Å². The molecule has 3 aromatic rings. The Bertz CT molecular complexity index is 1310. The summed E-state index contributed by atoms with van der Waals surface area (Å²) in [7, 11) is 1.53. The number of carbonyl (C=O) groups is 2. The van der Waals surface area contributed by atoms with Gasteiger partial charge in [-0.25, -0.2) is 4.79 Å². The number of anilines is 1. The zero-order valence-electron chi connectivity index (χ0n) is 17.9. The monoisotopic (exact) mass is 555 g/mol. The largest absolute Gasteiger partial charge is 0.493 e. The highest BCUT2D eigenvalue weighted by atomic mass is 79.9. The fraction of sp³-hybridized carbons (Fsp3) is 0.0800. The summed E-state index contributed by atoms with van der Waals surface area (Å²) < 4.78 is 12.5. The van der Waals surface area contributed by atoms with Crippen LogP contribution in [0.3, 0.4) is 0 Å². The van der Waals surface area contributed by atoms with Crippen molar-refractivity contribution in [2.45, 2.75) is 6.61 Å². The maximum atomic E-state index is 13.0. The van der Waals surface area contributed by atoms with E-state index in [1.807, 2.05) is 36.4 Å². The summed E-state index contributed by atoms with van der Waals surface area (Å²) in [4.78, 5) is 26.2. The number of rotatable bonds is 7. The average Bonchev–Trinajstić information content (AvgIpc) is 3.11. The minimum Gasteiger partial charge on any atom is -0.493 e. The quantitative estimate of drug-likeness (QED) is 0.277. The zero-order chi connectivity index (χ0) is 24.2. The molecule has 172 valence electrons. The molecule has 0 radical (unpaired) electrons. The highest BCUT2D eigenvalue weighted by Crippen LogP contribution is 2.40. The number of amides is 1. The van der Waals surface area contributed by atoms with Gasteiger partial charge in [-0.1, -0.05) is 54.3 Å². The molecule has 0 saturated carbocycles. The van der Waals surface area contributed by atoms with Crippen LogP contribution < -0.4 is 14.4 Å². The van der Waals surface area contributed by atoms with Gasteiger partial charge in [0.05, 0.1) is 27.7 Å².